The van der Waals surface area contributed by atoms with Gasteiger partial charge in [-0.1, -0.05) is 0 Å². The Kier molecular flexibility index (Phi) is 1.38. The van der Waals surface area contributed by atoms with Crippen LogP contribution in [0, 0.1) is 0 Å². The van der Waals surface area contributed by atoms with Crippen LogP contribution in [0.1, 0.15) is 0 Å². The van der Waals surface area contributed by atoms with E-state index in [1.165, 1.54) is 0 Å². The van der Waals surface area contributed by atoms with Crippen LogP contribution in [0.3, 0.4) is 0 Å². The molecule has 0 saturated carbocycles. The van der Waals surface area contributed by atoms with E-state index in [0.717, 1.165) is 0 Å². The van der Waals surface area contributed by atoms with E-state index in [1.807, 2.05) is 0 Å². The maximum atomic E-state index is 10.7. The van der Waals surface area contributed by atoms with Gasteiger partial charge in [0, 0.05) is 6.07 Å². The number of nitrogen functional groups attached to an aromatic ring is 1. The van der Waals surface area contributed by atoms with E-state index in [1.54, 1.807) is 18.2 Å². The van der Waals surface area contributed by atoms with Crippen LogP contribution < -0.4 is 17.0 Å². The zero-order valence-corrected chi connectivity index (χ0v) is 6.13. The Hall–Kier alpha value is -1.75. The summed E-state index contributed by atoms with van der Waals surface area (Å²) < 4.78 is 4.80. The molecule has 0 aliphatic rings. The van der Waals surface area contributed by atoms with Gasteiger partial charge >= 0.3 is 5.76 Å². The first-order chi connectivity index (χ1) is 5.79. The molecule has 0 fully saturated rings. The number of fused-ring (bicyclic) bond motifs is 1. The summed E-state index contributed by atoms with van der Waals surface area (Å²) in [4.78, 5) is 13.2. The second kappa shape index (κ2) is 2.38. The van der Waals surface area contributed by atoms with Crippen molar-refractivity contribution in [1.82, 2.24) is 4.98 Å². The highest BCUT2D eigenvalue weighted by atomic mass is 16.4. The average molecular weight is 165 g/mol. The number of anilines is 1. The Balaban J connectivity index is 2.74. The highest BCUT2D eigenvalue weighted by Gasteiger charge is 1.99. The summed E-state index contributed by atoms with van der Waals surface area (Å²) in [6, 6.07) is 5.11. The van der Waals surface area contributed by atoms with E-state index in [9.17, 15) is 4.79 Å². The fourth-order valence-electron chi connectivity index (χ4n) is 1.04. The van der Waals surface area contributed by atoms with Crippen molar-refractivity contribution in [3.63, 3.8) is 0 Å². The van der Waals surface area contributed by atoms with Crippen LogP contribution in [0.2, 0.25) is 0 Å². The van der Waals surface area contributed by atoms with E-state index in [2.05, 4.69) is 10.4 Å². The molecule has 1 heterocycles. The van der Waals surface area contributed by atoms with Crippen molar-refractivity contribution in [3.05, 3.63) is 28.7 Å². The average Bonchev–Trinajstić information content (AvgIpc) is 2.43. The largest absolute Gasteiger partial charge is 0.417 e. The van der Waals surface area contributed by atoms with E-state index in [-0.39, 0.29) is 0 Å². The summed E-state index contributed by atoms with van der Waals surface area (Å²) in [6.45, 7) is 0. The molecule has 12 heavy (non-hydrogen) atoms. The van der Waals surface area contributed by atoms with Crippen LogP contribution in [0.15, 0.2) is 27.4 Å². The van der Waals surface area contributed by atoms with Gasteiger partial charge in [0.25, 0.3) is 0 Å². The first-order valence-electron chi connectivity index (χ1n) is 3.39. The normalized spacial score (nSPS) is 10.4. The molecular weight excluding hydrogens is 158 g/mol. The van der Waals surface area contributed by atoms with Gasteiger partial charge in [0.1, 0.15) is 0 Å². The number of oxazole rings is 1. The predicted molar refractivity (Wildman–Crippen MR) is 44.6 cm³/mol. The monoisotopic (exact) mass is 165 g/mol. The number of benzene rings is 1. The summed E-state index contributed by atoms with van der Waals surface area (Å²) in [7, 11) is 0. The summed E-state index contributed by atoms with van der Waals surface area (Å²) in [5, 5.41) is 0. The molecule has 0 amide bonds. The Labute approximate surface area is 67.1 Å². The topological polar surface area (TPSA) is 84.0 Å². The number of H-pyrrole nitrogens is 1. The van der Waals surface area contributed by atoms with E-state index < -0.39 is 5.76 Å². The van der Waals surface area contributed by atoms with Crippen LogP contribution in [0.4, 0.5) is 5.69 Å². The third kappa shape index (κ3) is 0.960. The molecule has 1 aromatic carbocycles. The molecule has 0 unspecified atom stereocenters. The minimum atomic E-state index is -0.459. The van der Waals surface area contributed by atoms with Crippen LogP contribution in [0.5, 0.6) is 0 Å². The van der Waals surface area contributed by atoms with Crippen molar-refractivity contribution in [2.45, 2.75) is 0 Å². The Morgan fingerprint density at radius 2 is 2.33 bits per heavy atom. The maximum absolute atomic E-state index is 10.7. The fourth-order valence-corrected chi connectivity index (χ4v) is 1.04. The number of aromatic amines is 1. The lowest BCUT2D eigenvalue weighted by Gasteiger charge is -1.96. The van der Waals surface area contributed by atoms with Crippen molar-refractivity contribution >= 4 is 16.8 Å². The van der Waals surface area contributed by atoms with E-state index in [4.69, 9.17) is 10.3 Å². The molecule has 0 saturated heterocycles. The number of hydrogen-bond donors (Lipinski definition) is 3. The SMILES string of the molecule is NNc1ccc2[nH]c(=O)oc2c1. The van der Waals surface area contributed by atoms with Crippen LogP contribution in [-0.2, 0) is 0 Å². The molecule has 0 radical (unpaired) electrons. The molecule has 4 N–H and O–H groups in total. The molecule has 5 nitrogen and oxygen atoms in total. The Bertz CT molecular complexity index is 457. The summed E-state index contributed by atoms with van der Waals surface area (Å²) >= 11 is 0. The highest BCUT2D eigenvalue weighted by Crippen LogP contribution is 2.14. The number of nitrogens with two attached hydrogens (primary N) is 1. The predicted octanol–water partition coefficient (Wildman–Crippen LogP) is 0.407. The van der Waals surface area contributed by atoms with Crippen LogP contribution in [0.25, 0.3) is 11.1 Å². The van der Waals surface area contributed by atoms with Gasteiger partial charge in [-0.3, -0.25) is 10.8 Å². The van der Waals surface area contributed by atoms with Crippen LogP contribution >= 0.6 is 0 Å². The van der Waals surface area contributed by atoms with Gasteiger partial charge in [-0.25, -0.2) is 4.79 Å². The molecular formula is C7H7N3O2. The van der Waals surface area contributed by atoms with Crippen LogP contribution in [-0.4, -0.2) is 4.98 Å². The summed E-state index contributed by atoms with van der Waals surface area (Å²) in [5.74, 6) is 4.71. The Morgan fingerprint density at radius 3 is 3.08 bits per heavy atom. The third-order valence-corrected chi connectivity index (χ3v) is 1.59. The molecule has 2 rings (SSSR count). The van der Waals surface area contributed by atoms with Crippen molar-refractivity contribution in [1.29, 1.82) is 0 Å². The van der Waals surface area contributed by atoms with Crippen molar-refractivity contribution in [2.75, 3.05) is 5.43 Å². The third-order valence-electron chi connectivity index (χ3n) is 1.59. The Morgan fingerprint density at radius 1 is 1.50 bits per heavy atom. The number of rotatable bonds is 1. The van der Waals surface area contributed by atoms with Crippen molar-refractivity contribution in [3.8, 4) is 0 Å². The minimum absolute atomic E-state index is 0.459. The maximum Gasteiger partial charge on any atom is 0.417 e. The molecule has 62 valence electrons. The van der Waals surface area contributed by atoms with Gasteiger partial charge in [-0.05, 0) is 12.1 Å². The van der Waals surface area contributed by atoms with Gasteiger partial charge in [0.2, 0.25) is 0 Å². The lowest BCUT2D eigenvalue weighted by molar-refractivity contribution is 0.555. The molecule has 5 heteroatoms. The smallest absolute Gasteiger partial charge is 0.408 e. The van der Waals surface area contributed by atoms with Gasteiger partial charge in [-0.15, -0.1) is 0 Å². The lowest BCUT2D eigenvalue weighted by atomic mass is 10.3. The molecule has 0 aliphatic heterocycles. The first-order valence-corrected chi connectivity index (χ1v) is 3.39. The van der Waals surface area contributed by atoms with E-state index >= 15 is 0 Å². The van der Waals surface area contributed by atoms with Crippen molar-refractivity contribution in [2.24, 2.45) is 5.84 Å². The fraction of sp³-hybridized carbons (Fsp3) is 0. The van der Waals surface area contributed by atoms with Gasteiger partial charge in [0.15, 0.2) is 5.58 Å². The molecule has 0 atom stereocenters. The van der Waals surface area contributed by atoms with Gasteiger partial charge < -0.3 is 9.84 Å². The van der Waals surface area contributed by atoms with Gasteiger partial charge in [0.05, 0.1) is 11.2 Å². The molecule has 0 spiro atoms. The molecule has 0 aliphatic carbocycles. The molecule has 0 bridgehead atoms. The second-order valence-electron chi connectivity index (χ2n) is 2.37. The standard InChI is InChI=1S/C7H7N3O2/c8-10-4-1-2-5-6(3-4)12-7(11)9-5/h1-3,10H,8H2,(H,9,11). The highest BCUT2D eigenvalue weighted by molar-refractivity contribution is 5.76. The quantitative estimate of drug-likeness (QED) is 0.422. The molecule has 2 aromatic rings. The van der Waals surface area contributed by atoms with E-state index in [0.29, 0.717) is 16.8 Å². The number of nitrogens with one attached hydrogen (secondary N) is 2. The molecule has 1 aromatic heterocycles. The summed E-state index contributed by atoms with van der Waals surface area (Å²) in [6.07, 6.45) is 0. The summed E-state index contributed by atoms with van der Waals surface area (Å²) in [5.41, 5.74) is 4.31. The zero-order chi connectivity index (χ0) is 8.55. The van der Waals surface area contributed by atoms with Crippen molar-refractivity contribution < 1.29 is 4.42 Å². The zero-order valence-electron chi connectivity index (χ0n) is 6.13. The van der Waals surface area contributed by atoms with Gasteiger partial charge in [-0.2, -0.15) is 0 Å². The first kappa shape index (κ1) is 6.93. The minimum Gasteiger partial charge on any atom is -0.408 e. The number of hydrazine groups is 1. The number of hydrogen-bond acceptors (Lipinski definition) is 4. The second-order valence-corrected chi connectivity index (χ2v) is 2.37. The number of aromatic nitrogens is 1. The lowest BCUT2D eigenvalue weighted by Crippen LogP contribution is -2.05.